The lowest BCUT2D eigenvalue weighted by Crippen LogP contribution is -2.50. The van der Waals surface area contributed by atoms with E-state index in [1.807, 2.05) is 57.2 Å². The van der Waals surface area contributed by atoms with Crippen molar-refractivity contribution < 1.29 is 23.8 Å². The van der Waals surface area contributed by atoms with Crippen molar-refractivity contribution in [2.45, 2.75) is 32.8 Å². The zero-order valence-corrected chi connectivity index (χ0v) is 22.8. The van der Waals surface area contributed by atoms with Crippen LogP contribution in [0.25, 0.3) is 28.8 Å². The molecule has 3 aromatic rings. The lowest BCUT2D eigenvalue weighted by molar-refractivity contribution is 0.0146. The van der Waals surface area contributed by atoms with Gasteiger partial charge >= 0.3 is 6.09 Å². The van der Waals surface area contributed by atoms with Crippen LogP contribution in [-0.2, 0) is 4.74 Å². The van der Waals surface area contributed by atoms with Crippen molar-refractivity contribution in [1.29, 1.82) is 0 Å². The average molecular weight is 531 g/mol. The third kappa shape index (κ3) is 5.83. The molecule has 0 radical (unpaired) electrons. The standard InChI is InChI=1S/C30H34N4O5/c1-30(2,3)39-29(36)34-17-15-33(16-18-34)14-8-7-10-21-25(37-4)13-12-22-27(35)26(38-28(21)22)19-24-20-9-5-6-11-23(20)31-32-24/h5-7,9-13,19,35H,8,14-18H2,1-4H3/b10-7-,24-19?. The third-order valence-electron chi connectivity index (χ3n) is 6.71. The van der Waals surface area contributed by atoms with Gasteiger partial charge in [-0.25, -0.2) is 4.79 Å². The van der Waals surface area contributed by atoms with E-state index in [-0.39, 0.29) is 11.8 Å². The summed E-state index contributed by atoms with van der Waals surface area (Å²) in [5.41, 5.74) is 3.13. The van der Waals surface area contributed by atoms with E-state index in [1.54, 1.807) is 24.2 Å². The van der Waals surface area contributed by atoms with Crippen molar-refractivity contribution >= 4 is 40.6 Å². The Bertz CT molecular complexity index is 1460. The van der Waals surface area contributed by atoms with E-state index in [0.29, 0.717) is 41.3 Å². The number of hydrogen-bond donors (Lipinski definition) is 1. The zero-order chi connectivity index (χ0) is 27.6. The molecule has 0 atom stereocenters. The Morgan fingerprint density at radius 2 is 1.87 bits per heavy atom. The third-order valence-corrected chi connectivity index (χ3v) is 6.71. The molecular weight excluding hydrogens is 496 g/mol. The molecule has 2 aliphatic heterocycles. The molecule has 2 aliphatic rings. The molecule has 0 bridgehead atoms. The quantitative estimate of drug-likeness (QED) is 0.381. The number of fused-ring (bicyclic) bond motifs is 2. The highest BCUT2D eigenvalue weighted by molar-refractivity contribution is 5.97. The zero-order valence-electron chi connectivity index (χ0n) is 22.8. The highest BCUT2D eigenvalue weighted by atomic mass is 16.6. The molecule has 39 heavy (non-hydrogen) atoms. The maximum absolute atomic E-state index is 12.3. The van der Waals surface area contributed by atoms with Crippen LogP contribution in [0.2, 0.25) is 0 Å². The highest BCUT2D eigenvalue weighted by Gasteiger charge is 2.25. The first-order valence-corrected chi connectivity index (χ1v) is 13.2. The topological polar surface area (TPSA) is 100 Å². The number of carbonyl (C=O) groups excluding carboxylic acids is 1. The van der Waals surface area contributed by atoms with E-state index in [4.69, 9.17) is 13.9 Å². The van der Waals surface area contributed by atoms with Crippen LogP contribution in [0.3, 0.4) is 0 Å². The summed E-state index contributed by atoms with van der Waals surface area (Å²) in [4.78, 5) is 16.4. The summed E-state index contributed by atoms with van der Waals surface area (Å²) in [6.07, 6.45) is 6.33. The van der Waals surface area contributed by atoms with Crippen LogP contribution < -0.4 is 4.74 Å². The molecule has 2 aromatic carbocycles. The average Bonchev–Trinajstić information content (AvgIpc) is 3.47. The van der Waals surface area contributed by atoms with Gasteiger partial charge in [-0.15, -0.1) is 10.2 Å². The fourth-order valence-corrected chi connectivity index (χ4v) is 4.71. The van der Waals surface area contributed by atoms with Gasteiger partial charge in [-0.1, -0.05) is 30.4 Å². The highest BCUT2D eigenvalue weighted by Crippen LogP contribution is 2.42. The van der Waals surface area contributed by atoms with Gasteiger partial charge in [-0.05, 0) is 45.4 Å². The molecule has 9 heteroatoms. The minimum absolute atomic E-state index is 0.0530. The second-order valence-corrected chi connectivity index (χ2v) is 10.6. The minimum atomic E-state index is -0.488. The molecule has 0 unspecified atom stereocenters. The molecule has 9 nitrogen and oxygen atoms in total. The minimum Gasteiger partial charge on any atom is -0.504 e. The Morgan fingerprint density at radius 3 is 2.62 bits per heavy atom. The number of nitrogens with zero attached hydrogens (tertiary/aromatic N) is 4. The number of carbonyl (C=O) groups is 1. The van der Waals surface area contributed by atoms with Crippen molar-refractivity contribution in [3.05, 3.63) is 59.4 Å². The lowest BCUT2D eigenvalue weighted by atomic mass is 10.1. The smallest absolute Gasteiger partial charge is 0.410 e. The van der Waals surface area contributed by atoms with Gasteiger partial charge in [0.05, 0.1) is 29.4 Å². The molecule has 0 saturated carbocycles. The second-order valence-electron chi connectivity index (χ2n) is 10.6. The van der Waals surface area contributed by atoms with Crippen LogP contribution >= 0.6 is 0 Å². The van der Waals surface area contributed by atoms with Gasteiger partial charge in [0, 0.05) is 44.4 Å². The summed E-state index contributed by atoms with van der Waals surface area (Å²) in [5.74, 6) is 1.03. The van der Waals surface area contributed by atoms with E-state index < -0.39 is 5.60 Å². The van der Waals surface area contributed by atoms with Crippen LogP contribution in [0.15, 0.2) is 57.1 Å². The number of amides is 1. The SMILES string of the molecule is COc1ccc2c(O)c(C=C3N=Nc4ccccc43)oc2c1/C=C\CCN1CCN(C(=O)OC(C)(C)C)CC1. The van der Waals surface area contributed by atoms with Crippen LogP contribution in [-0.4, -0.2) is 66.4 Å². The Labute approximate surface area is 228 Å². The number of piperazine rings is 1. The van der Waals surface area contributed by atoms with Crippen molar-refractivity contribution in [3.63, 3.8) is 0 Å². The van der Waals surface area contributed by atoms with Crippen LogP contribution in [0, 0.1) is 0 Å². The maximum Gasteiger partial charge on any atom is 0.410 e. The molecule has 0 spiro atoms. The predicted octanol–water partition coefficient (Wildman–Crippen LogP) is 6.70. The van der Waals surface area contributed by atoms with Gasteiger partial charge in [0.15, 0.2) is 11.5 Å². The summed E-state index contributed by atoms with van der Waals surface area (Å²) >= 11 is 0. The van der Waals surface area contributed by atoms with E-state index in [2.05, 4.69) is 21.2 Å². The number of methoxy groups -OCH3 is 1. The van der Waals surface area contributed by atoms with Crippen LogP contribution in [0.5, 0.6) is 11.5 Å². The van der Waals surface area contributed by atoms with Crippen LogP contribution in [0.1, 0.15) is 44.1 Å². The van der Waals surface area contributed by atoms with Crippen molar-refractivity contribution in [3.8, 4) is 11.5 Å². The second kappa shape index (κ2) is 10.9. The molecule has 1 saturated heterocycles. The lowest BCUT2D eigenvalue weighted by Gasteiger charge is -2.35. The molecule has 1 amide bonds. The number of benzene rings is 2. The van der Waals surface area contributed by atoms with Gasteiger partial charge in [0.2, 0.25) is 0 Å². The molecule has 1 N–H and O–H groups in total. The normalized spacial score (nSPS) is 16.9. The summed E-state index contributed by atoms with van der Waals surface area (Å²) in [5, 5.41) is 20.0. The summed E-state index contributed by atoms with van der Waals surface area (Å²) in [6.45, 7) is 9.41. The number of azo groups is 1. The van der Waals surface area contributed by atoms with Gasteiger partial charge < -0.3 is 23.9 Å². The molecule has 1 aromatic heterocycles. The van der Waals surface area contributed by atoms with Crippen LogP contribution in [0.4, 0.5) is 10.5 Å². The Kier molecular flexibility index (Phi) is 7.43. The van der Waals surface area contributed by atoms with Gasteiger partial charge in [-0.2, -0.15) is 0 Å². The number of rotatable bonds is 6. The van der Waals surface area contributed by atoms with Gasteiger partial charge in [0.1, 0.15) is 16.9 Å². The fourth-order valence-electron chi connectivity index (χ4n) is 4.71. The predicted molar refractivity (Wildman–Crippen MR) is 151 cm³/mol. The van der Waals surface area contributed by atoms with E-state index in [9.17, 15) is 9.90 Å². The number of aromatic hydroxyl groups is 1. The molecule has 1 fully saturated rings. The largest absolute Gasteiger partial charge is 0.504 e. The Hall–Kier alpha value is -4.11. The fraction of sp³-hybridized carbons (Fsp3) is 0.367. The number of furan rings is 1. The first kappa shape index (κ1) is 26.5. The van der Waals surface area contributed by atoms with Crippen molar-refractivity contribution in [1.82, 2.24) is 9.80 Å². The maximum atomic E-state index is 12.3. The summed E-state index contributed by atoms with van der Waals surface area (Å²) in [7, 11) is 1.62. The first-order valence-electron chi connectivity index (χ1n) is 13.2. The van der Waals surface area contributed by atoms with Gasteiger partial charge in [0.25, 0.3) is 0 Å². The molecular formula is C30H34N4O5. The molecule has 3 heterocycles. The van der Waals surface area contributed by atoms with Gasteiger partial charge in [-0.3, -0.25) is 4.90 Å². The van der Waals surface area contributed by atoms with Crippen molar-refractivity contribution in [2.24, 2.45) is 10.2 Å². The molecule has 5 rings (SSSR count). The van der Waals surface area contributed by atoms with E-state index in [1.165, 1.54) is 0 Å². The molecule has 204 valence electrons. The first-order chi connectivity index (χ1) is 18.7. The summed E-state index contributed by atoms with van der Waals surface area (Å²) in [6, 6.07) is 11.3. The van der Waals surface area contributed by atoms with E-state index in [0.717, 1.165) is 42.9 Å². The van der Waals surface area contributed by atoms with E-state index >= 15 is 0 Å². The Morgan fingerprint density at radius 1 is 1.10 bits per heavy atom. The molecule has 0 aliphatic carbocycles. The number of hydrogen-bond acceptors (Lipinski definition) is 8. The monoisotopic (exact) mass is 530 g/mol. The number of ether oxygens (including phenoxy) is 2. The summed E-state index contributed by atoms with van der Waals surface area (Å²) < 4.78 is 17.2. The van der Waals surface area contributed by atoms with Crippen molar-refractivity contribution in [2.75, 3.05) is 39.8 Å². The Balaban J connectivity index is 1.27.